The quantitative estimate of drug-likeness (QED) is 0.509. The Morgan fingerprint density at radius 3 is 2.48 bits per heavy atom. The fraction of sp³-hybridized carbons (Fsp3) is 0.214. The molecule has 0 radical (unpaired) electrons. The molecule has 1 N–H and O–H groups in total. The summed E-state index contributed by atoms with van der Waals surface area (Å²) in [6.07, 6.45) is 1.71. The molecule has 3 rings (SSSR count). The first-order chi connectivity index (χ1) is 10.2. The molecule has 1 aliphatic carbocycles. The number of hydrazone groups is 1. The number of anilines is 1. The minimum atomic E-state index is -0.322. The third-order valence-electron chi connectivity index (χ3n) is 3.34. The minimum absolute atomic E-state index is 0.0237. The number of fused-ring (bicyclic) bond motifs is 1. The Balaban J connectivity index is 1.89. The van der Waals surface area contributed by atoms with Gasteiger partial charge in [0.1, 0.15) is 12.1 Å². The van der Waals surface area contributed by atoms with E-state index in [9.17, 15) is 9.59 Å². The lowest BCUT2D eigenvalue weighted by molar-refractivity contribution is 0.0642. The van der Waals surface area contributed by atoms with E-state index in [0.717, 1.165) is 12.8 Å². The molecule has 0 spiro atoms. The predicted molar refractivity (Wildman–Crippen MR) is 72.2 cm³/mol. The van der Waals surface area contributed by atoms with Gasteiger partial charge in [0, 0.05) is 6.04 Å². The molecule has 0 atom stereocenters. The van der Waals surface area contributed by atoms with E-state index in [1.807, 2.05) is 0 Å². The summed E-state index contributed by atoms with van der Waals surface area (Å²) in [5.74, 6) is -0.562. The van der Waals surface area contributed by atoms with E-state index in [-0.39, 0.29) is 23.6 Å². The maximum Gasteiger partial charge on any atom is 0.261 e. The van der Waals surface area contributed by atoms with Crippen LogP contribution in [0.5, 0.6) is 0 Å². The van der Waals surface area contributed by atoms with Gasteiger partial charge in [-0.3, -0.25) is 19.9 Å². The molecule has 21 heavy (non-hydrogen) atoms. The molecule has 2 amide bonds. The zero-order chi connectivity index (χ0) is 15.0. The van der Waals surface area contributed by atoms with Gasteiger partial charge in [0.2, 0.25) is 5.71 Å². The van der Waals surface area contributed by atoms with Gasteiger partial charge in [-0.1, -0.05) is 0 Å². The fourth-order valence-corrected chi connectivity index (χ4v) is 2.19. The maximum absolute atomic E-state index is 12.2. The lowest BCUT2D eigenvalue weighted by atomic mass is 10.1. The highest BCUT2D eigenvalue weighted by atomic mass is 16.2. The smallest absolute Gasteiger partial charge is 0.261 e. The van der Waals surface area contributed by atoms with Crippen LogP contribution in [0.25, 0.3) is 0 Å². The average Bonchev–Trinajstić information content (AvgIpc) is 3.29. The molecule has 2 aliphatic rings. The number of imide groups is 1. The third-order valence-corrected chi connectivity index (χ3v) is 3.34. The number of hydrogen-bond donors (Lipinski definition) is 1. The molecule has 1 aromatic carbocycles. The molecule has 7 heteroatoms. The van der Waals surface area contributed by atoms with Gasteiger partial charge < -0.3 is 0 Å². The van der Waals surface area contributed by atoms with Crippen LogP contribution in [-0.4, -0.2) is 28.5 Å². The number of benzene rings is 1. The number of nitrogens with zero attached hydrogens (tertiary/aromatic N) is 4. The van der Waals surface area contributed by atoms with E-state index in [1.54, 1.807) is 24.3 Å². The molecule has 1 aliphatic heterocycles. The van der Waals surface area contributed by atoms with Crippen molar-refractivity contribution in [2.45, 2.75) is 18.9 Å². The molecule has 1 aromatic rings. The maximum atomic E-state index is 12.2. The number of hydrogen-bond acceptors (Lipinski definition) is 6. The van der Waals surface area contributed by atoms with Crippen molar-refractivity contribution in [2.75, 3.05) is 5.43 Å². The Labute approximate surface area is 120 Å². The summed E-state index contributed by atoms with van der Waals surface area (Å²) in [6, 6.07) is 7.90. The van der Waals surface area contributed by atoms with Crippen LogP contribution in [0.15, 0.2) is 23.3 Å². The lowest BCUT2D eigenvalue weighted by Crippen LogP contribution is -2.31. The van der Waals surface area contributed by atoms with Gasteiger partial charge in [-0.15, -0.1) is 0 Å². The standard InChI is InChI=1S/C14H9N5O2/c15-6-9(7-16)18-17-8-1-4-11-12(5-8)14(21)19(13(11)20)10-2-3-10/h1,4-5,10,17H,2-3H2. The largest absolute Gasteiger partial charge is 0.276 e. The zero-order valence-corrected chi connectivity index (χ0v) is 10.8. The molecule has 1 saturated carbocycles. The van der Waals surface area contributed by atoms with E-state index in [0.29, 0.717) is 16.8 Å². The van der Waals surface area contributed by atoms with Crippen LogP contribution >= 0.6 is 0 Å². The molecule has 7 nitrogen and oxygen atoms in total. The zero-order valence-electron chi connectivity index (χ0n) is 10.8. The fourth-order valence-electron chi connectivity index (χ4n) is 2.19. The van der Waals surface area contributed by atoms with Crippen LogP contribution in [0.3, 0.4) is 0 Å². The number of amides is 2. The Hall–Kier alpha value is -3.19. The SMILES string of the molecule is N#CC(C#N)=NNc1ccc2c(c1)C(=O)N(C1CC1)C2=O. The Bertz CT molecular complexity index is 749. The highest BCUT2D eigenvalue weighted by molar-refractivity contribution is 6.22. The van der Waals surface area contributed by atoms with E-state index >= 15 is 0 Å². The summed E-state index contributed by atoms with van der Waals surface area (Å²) in [7, 11) is 0. The predicted octanol–water partition coefficient (Wildman–Crippen LogP) is 1.26. The van der Waals surface area contributed by atoms with Crippen LogP contribution in [0.1, 0.15) is 33.6 Å². The normalized spacial score (nSPS) is 16.0. The molecule has 0 bridgehead atoms. The Morgan fingerprint density at radius 1 is 1.19 bits per heavy atom. The number of nitriles is 2. The number of rotatable bonds is 3. The summed E-state index contributed by atoms with van der Waals surface area (Å²) >= 11 is 0. The van der Waals surface area contributed by atoms with Gasteiger partial charge in [0.15, 0.2) is 0 Å². The van der Waals surface area contributed by atoms with Crippen molar-refractivity contribution >= 4 is 23.2 Å². The Kier molecular flexibility index (Phi) is 2.89. The summed E-state index contributed by atoms with van der Waals surface area (Å²) < 4.78 is 0. The second-order valence-corrected chi connectivity index (χ2v) is 4.77. The van der Waals surface area contributed by atoms with Gasteiger partial charge >= 0.3 is 0 Å². The van der Waals surface area contributed by atoms with E-state index in [4.69, 9.17) is 10.5 Å². The molecule has 0 saturated heterocycles. The summed E-state index contributed by atoms with van der Waals surface area (Å²) in [5.41, 5.74) is 3.35. The van der Waals surface area contributed by atoms with Gasteiger partial charge in [0.05, 0.1) is 16.8 Å². The van der Waals surface area contributed by atoms with Crippen molar-refractivity contribution in [3.8, 4) is 12.1 Å². The topological polar surface area (TPSA) is 109 Å². The molecule has 102 valence electrons. The Morgan fingerprint density at radius 2 is 1.86 bits per heavy atom. The first-order valence-corrected chi connectivity index (χ1v) is 6.31. The van der Waals surface area contributed by atoms with Gasteiger partial charge in [-0.25, -0.2) is 0 Å². The number of nitrogens with one attached hydrogen (secondary N) is 1. The minimum Gasteiger partial charge on any atom is -0.276 e. The summed E-state index contributed by atoms with van der Waals surface area (Å²) in [6.45, 7) is 0. The summed E-state index contributed by atoms with van der Waals surface area (Å²) in [5, 5.41) is 20.8. The van der Waals surface area contributed by atoms with E-state index < -0.39 is 0 Å². The monoisotopic (exact) mass is 279 g/mol. The number of carbonyl (C=O) groups is 2. The molecule has 1 fully saturated rings. The van der Waals surface area contributed by atoms with Crippen molar-refractivity contribution in [1.29, 1.82) is 10.5 Å². The van der Waals surface area contributed by atoms with Gasteiger partial charge in [-0.05, 0) is 31.0 Å². The average molecular weight is 279 g/mol. The molecular weight excluding hydrogens is 270 g/mol. The van der Waals surface area contributed by atoms with Crippen molar-refractivity contribution in [3.05, 3.63) is 29.3 Å². The van der Waals surface area contributed by atoms with E-state index in [2.05, 4.69) is 10.5 Å². The highest BCUT2D eigenvalue weighted by Gasteiger charge is 2.44. The van der Waals surface area contributed by atoms with E-state index in [1.165, 1.54) is 11.0 Å². The van der Waals surface area contributed by atoms with Crippen LogP contribution in [0.4, 0.5) is 5.69 Å². The molecular formula is C14H9N5O2. The van der Waals surface area contributed by atoms with Crippen LogP contribution in [0.2, 0.25) is 0 Å². The first-order valence-electron chi connectivity index (χ1n) is 6.31. The number of carbonyl (C=O) groups excluding carboxylic acids is 2. The summed E-state index contributed by atoms with van der Waals surface area (Å²) in [4.78, 5) is 25.7. The van der Waals surface area contributed by atoms with Crippen molar-refractivity contribution in [3.63, 3.8) is 0 Å². The van der Waals surface area contributed by atoms with Crippen molar-refractivity contribution in [1.82, 2.24) is 4.90 Å². The highest BCUT2D eigenvalue weighted by Crippen LogP contribution is 2.35. The second kappa shape index (κ2) is 4.73. The van der Waals surface area contributed by atoms with Crippen molar-refractivity contribution in [2.24, 2.45) is 5.10 Å². The van der Waals surface area contributed by atoms with Crippen LogP contribution in [-0.2, 0) is 0 Å². The van der Waals surface area contributed by atoms with Gasteiger partial charge in [-0.2, -0.15) is 15.6 Å². The van der Waals surface area contributed by atoms with Crippen LogP contribution < -0.4 is 5.43 Å². The molecule has 1 heterocycles. The molecule has 0 aromatic heterocycles. The van der Waals surface area contributed by atoms with Crippen LogP contribution in [0, 0.1) is 22.7 Å². The van der Waals surface area contributed by atoms with Crippen molar-refractivity contribution < 1.29 is 9.59 Å². The second-order valence-electron chi connectivity index (χ2n) is 4.77. The third kappa shape index (κ3) is 2.11. The van der Waals surface area contributed by atoms with Gasteiger partial charge in [0.25, 0.3) is 11.8 Å². The first kappa shape index (κ1) is 12.8. The molecule has 0 unspecified atom stereocenters. The lowest BCUT2D eigenvalue weighted by Gasteiger charge is -2.11.